The van der Waals surface area contributed by atoms with Gasteiger partial charge in [0.25, 0.3) is 0 Å². The summed E-state index contributed by atoms with van der Waals surface area (Å²) in [5, 5.41) is 28.0. The van der Waals surface area contributed by atoms with Crippen LogP contribution < -0.4 is 0 Å². The summed E-state index contributed by atoms with van der Waals surface area (Å²) in [6.07, 6.45) is -1.76. The minimum Gasteiger partial charge on any atom is -0.388 e. The van der Waals surface area contributed by atoms with Gasteiger partial charge < -0.3 is 20.1 Å². The highest BCUT2D eigenvalue weighted by Crippen LogP contribution is 2.26. The normalized spacial score (nSPS) is 49.2. The summed E-state index contributed by atoms with van der Waals surface area (Å²) >= 11 is 1.32. The van der Waals surface area contributed by atoms with Crippen LogP contribution in [0.25, 0.3) is 0 Å². The highest BCUT2D eigenvalue weighted by Gasteiger charge is 2.41. The van der Waals surface area contributed by atoms with Gasteiger partial charge in [0.1, 0.15) is 23.7 Å². The van der Waals surface area contributed by atoms with Crippen molar-refractivity contribution in [3.05, 3.63) is 0 Å². The topological polar surface area (TPSA) is 69.9 Å². The first-order chi connectivity index (χ1) is 5.57. The molecule has 0 aromatic heterocycles. The molecule has 5 heteroatoms. The molecule has 1 fully saturated rings. The van der Waals surface area contributed by atoms with Crippen molar-refractivity contribution in [3.63, 3.8) is 0 Å². The van der Waals surface area contributed by atoms with Gasteiger partial charge in [-0.3, -0.25) is 0 Å². The van der Waals surface area contributed by atoms with Crippen LogP contribution in [0.5, 0.6) is 0 Å². The van der Waals surface area contributed by atoms with Crippen LogP contribution in [0.15, 0.2) is 0 Å². The quantitative estimate of drug-likeness (QED) is 0.508. The molecule has 0 spiro atoms. The van der Waals surface area contributed by atoms with Gasteiger partial charge in [0.2, 0.25) is 0 Å². The van der Waals surface area contributed by atoms with Crippen LogP contribution in [0.1, 0.15) is 6.92 Å². The standard InChI is InChI=1S/C7H14O4S/c1-3-4(8)5(9)6(10)7(11-3)12-2/h3-10H,1-2H3/t3-,4-,5+,6+,7+/m0/s1. The molecule has 4 nitrogen and oxygen atoms in total. The van der Waals surface area contributed by atoms with Gasteiger partial charge in [-0.2, -0.15) is 0 Å². The van der Waals surface area contributed by atoms with Crippen LogP contribution in [-0.2, 0) is 4.74 Å². The highest BCUT2D eigenvalue weighted by atomic mass is 32.2. The van der Waals surface area contributed by atoms with Crippen molar-refractivity contribution >= 4 is 11.8 Å². The van der Waals surface area contributed by atoms with Crippen molar-refractivity contribution in [2.45, 2.75) is 36.8 Å². The van der Waals surface area contributed by atoms with Crippen LogP contribution in [-0.4, -0.2) is 51.4 Å². The van der Waals surface area contributed by atoms with Crippen molar-refractivity contribution in [2.24, 2.45) is 0 Å². The Morgan fingerprint density at radius 3 is 2.17 bits per heavy atom. The Balaban J connectivity index is 2.63. The third-order valence-electron chi connectivity index (χ3n) is 2.04. The van der Waals surface area contributed by atoms with Gasteiger partial charge in [-0.1, -0.05) is 0 Å². The third-order valence-corrected chi connectivity index (χ3v) is 2.90. The predicted molar refractivity (Wildman–Crippen MR) is 45.9 cm³/mol. The van der Waals surface area contributed by atoms with Crippen molar-refractivity contribution in [3.8, 4) is 0 Å². The van der Waals surface area contributed by atoms with Crippen LogP contribution in [0.3, 0.4) is 0 Å². The van der Waals surface area contributed by atoms with Crippen LogP contribution >= 0.6 is 11.8 Å². The summed E-state index contributed by atoms with van der Waals surface area (Å²) in [6.45, 7) is 1.67. The second kappa shape index (κ2) is 3.93. The van der Waals surface area contributed by atoms with Crippen LogP contribution in [0.2, 0.25) is 0 Å². The van der Waals surface area contributed by atoms with Gasteiger partial charge in [0, 0.05) is 0 Å². The lowest BCUT2D eigenvalue weighted by Gasteiger charge is -2.38. The van der Waals surface area contributed by atoms with E-state index < -0.39 is 29.9 Å². The van der Waals surface area contributed by atoms with E-state index in [-0.39, 0.29) is 0 Å². The van der Waals surface area contributed by atoms with Gasteiger partial charge in [-0.25, -0.2) is 0 Å². The summed E-state index contributed by atoms with van der Waals surface area (Å²) < 4.78 is 5.23. The number of aliphatic hydroxyl groups excluding tert-OH is 3. The Bertz CT molecular complexity index is 150. The molecule has 1 saturated heterocycles. The molecule has 0 aromatic carbocycles. The molecule has 0 bridgehead atoms. The van der Waals surface area contributed by atoms with E-state index in [1.54, 1.807) is 13.2 Å². The fourth-order valence-electron chi connectivity index (χ4n) is 1.21. The van der Waals surface area contributed by atoms with Gasteiger partial charge in [-0.15, -0.1) is 11.8 Å². The number of ether oxygens (including phenoxy) is 1. The Labute approximate surface area is 75.5 Å². The summed E-state index contributed by atoms with van der Waals surface area (Å²) in [4.78, 5) is 0. The smallest absolute Gasteiger partial charge is 0.132 e. The minimum absolute atomic E-state index is 0.430. The molecular formula is C7H14O4S. The SMILES string of the molecule is CS[C@H]1O[C@@H](C)[C@H](O)[C@@H](O)[C@H]1O. The van der Waals surface area contributed by atoms with E-state index in [9.17, 15) is 15.3 Å². The maximum absolute atomic E-state index is 9.37. The van der Waals surface area contributed by atoms with Gasteiger partial charge in [0.05, 0.1) is 6.10 Å². The molecule has 72 valence electrons. The Morgan fingerprint density at radius 1 is 1.08 bits per heavy atom. The molecule has 5 atom stereocenters. The van der Waals surface area contributed by atoms with Crippen molar-refractivity contribution in [2.75, 3.05) is 6.26 Å². The van der Waals surface area contributed by atoms with Gasteiger partial charge >= 0.3 is 0 Å². The monoisotopic (exact) mass is 194 g/mol. The van der Waals surface area contributed by atoms with E-state index in [2.05, 4.69) is 0 Å². The van der Waals surface area contributed by atoms with Crippen molar-refractivity contribution in [1.29, 1.82) is 0 Å². The first-order valence-corrected chi connectivity index (χ1v) is 5.09. The number of aliphatic hydroxyl groups is 3. The first-order valence-electron chi connectivity index (χ1n) is 3.80. The average Bonchev–Trinajstić information content (AvgIpc) is 2.08. The lowest BCUT2D eigenvalue weighted by Crippen LogP contribution is -2.55. The summed E-state index contributed by atoms with van der Waals surface area (Å²) in [5.41, 5.74) is -0.446. The maximum atomic E-state index is 9.37. The average molecular weight is 194 g/mol. The molecule has 12 heavy (non-hydrogen) atoms. The Hall–Kier alpha value is 0.190. The van der Waals surface area contributed by atoms with Crippen LogP contribution in [0, 0.1) is 0 Å². The molecule has 0 amide bonds. The molecule has 1 rings (SSSR count). The lowest BCUT2D eigenvalue weighted by atomic mass is 10.0. The lowest BCUT2D eigenvalue weighted by molar-refractivity contribution is -0.192. The second-order valence-corrected chi connectivity index (χ2v) is 3.85. The zero-order valence-electron chi connectivity index (χ0n) is 7.04. The Kier molecular flexibility index (Phi) is 3.37. The fourth-order valence-corrected chi connectivity index (χ4v) is 1.93. The molecule has 0 aliphatic carbocycles. The minimum atomic E-state index is -1.11. The van der Waals surface area contributed by atoms with E-state index in [1.165, 1.54) is 11.8 Å². The summed E-state index contributed by atoms with van der Waals surface area (Å²) in [6, 6.07) is 0. The third kappa shape index (κ3) is 1.75. The number of hydrogen-bond donors (Lipinski definition) is 3. The molecule has 0 unspecified atom stereocenters. The second-order valence-electron chi connectivity index (χ2n) is 2.92. The maximum Gasteiger partial charge on any atom is 0.132 e. The summed E-state index contributed by atoms with van der Waals surface area (Å²) in [5.74, 6) is 0. The van der Waals surface area contributed by atoms with Crippen molar-refractivity contribution < 1.29 is 20.1 Å². The summed E-state index contributed by atoms with van der Waals surface area (Å²) in [7, 11) is 0. The molecule has 1 aliphatic rings. The fraction of sp³-hybridized carbons (Fsp3) is 1.00. The molecule has 1 heterocycles. The van der Waals surface area contributed by atoms with E-state index in [4.69, 9.17) is 4.74 Å². The largest absolute Gasteiger partial charge is 0.388 e. The van der Waals surface area contributed by atoms with E-state index in [0.29, 0.717) is 0 Å². The van der Waals surface area contributed by atoms with Crippen LogP contribution in [0.4, 0.5) is 0 Å². The zero-order valence-corrected chi connectivity index (χ0v) is 7.86. The van der Waals surface area contributed by atoms with Crippen molar-refractivity contribution in [1.82, 2.24) is 0 Å². The van der Waals surface area contributed by atoms with E-state index in [0.717, 1.165) is 0 Å². The predicted octanol–water partition coefficient (Wildman–Crippen LogP) is -0.823. The van der Waals surface area contributed by atoms with Gasteiger partial charge in [-0.05, 0) is 13.2 Å². The number of rotatable bonds is 1. The highest BCUT2D eigenvalue weighted by molar-refractivity contribution is 7.99. The molecule has 0 saturated carbocycles. The molecule has 3 N–H and O–H groups in total. The molecular weight excluding hydrogens is 180 g/mol. The molecule has 0 aromatic rings. The molecule has 1 aliphatic heterocycles. The first kappa shape index (κ1) is 10.3. The van der Waals surface area contributed by atoms with Gasteiger partial charge in [0.15, 0.2) is 0 Å². The Morgan fingerprint density at radius 2 is 1.67 bits per heavy atom. The van der Waals surface area contributed by atoms with E-state index >= 15 is 0 Å². The number of hydrogen-bond acceptors (Lipinski definition) is 5. The molecule has 0 radical (unpaired) electrons. The number of thioether (sulfide) groups is 1. The van der Waals surface area contributed by atoms with E-state index in [1.807, 2.05) is 0 Å². The zero-order chi connectivity index (χ0) is 9.30.